The van der Waals surface area contributed by atoms with Crippen molar-refractivity contribution in [1.82, 2.24) is 19.6 Å². The molecule has 0 bridgehead atoms. The van der Waals surface area contributed by atoms with Crippen LogP contribution in [0.15, 0.2) is 49.2 Å². The Labute approximate surface area is 215 Å². The van der Waals surface area contributed by atoms with E-state index in [9.17, 15) is 4.79 Å². The number of benzene rings is 1. The first-order valence-electron chi connectivity index (χ1n) is 12.1. The smallest absolute Gasteiger partial charge is 0.246 e. The Morgan fingerprint density at radius 2 is 1.97 bits per heavy atom. The summed E-state index contributed by atoms with van der Waals surface area (Å²) in [5.74, 6) is 0.739. The highest BCUT2D eigenvalue weighted by molar-refractivity contribution is 6.30. The third-order valence-corrected chi connectivity index (χ3v) is 5.68. The summed E-state index contributed by atoms with van der Waals surface area (Å²) in [6.07, 6.45) is 8.18. The molecular weight excluding hydrogens is 460 g/mol. The maximum Gasteiger partial charge on any atom is 0.246 e. The number of nitrogens with one attached hydrogen (secondary N) is 2. The van der Waals surface area contributed by atoms with Crippen LogP contribution in [0.25, 0.3) is 11.3 Å². The Balaban J connectivity index is 0.00000137. The van der Waals surface area contributed by atoms with Gasteiger partial charge in [0, 0.05) is 42.0 Å². The van der Waals surface area contributed by atoms with Gasteiger partial charge in [-0.3, -0.25) is 4.79 Å². The van der Waals surface area contributed by atoms with Crippen molar-refractivity contribution in [3.05, 3.63) is 59.8 Å². The van der Waals surface area contributed by atoms with Crippen molar-refractivity contribution in [2.75, 3.05) is 39.0 Å². The molecule has 1 fully saturated rings. The number of nitrogens with zero attached hydrogens (tertiary/aromatic N) is 4. The van der Waals surface area contributed by atoms with Crippen molar-refractivity contribution >= 4 is 29.0 Å². The zero-order valence-corrected chi connectivity index (χ0v) is 22.4. The van der Waals surface area contributed by atoms with Gasteiger partial charge in [-0.2, -0.15) is 5.10 Å². The largest absolute Gasteiger partial charge is 0.347 e. The lowest BCUT2D eigenvalue weighted by molar-refractivity contribution is -0.127. The minimum atomic E-state index is -0.00320. The molecule has 1 amide bonds. The van der Waals surface area contributed by atoms with Crippen molar-refractivity contribution in [3.63, 3.8) is 0 Å². The third kappa shape index (κ3) is 7.80. The van der Waals surface area contributed by atoms with E-state index in [-0.39, 0.29) is 11.9 Å². The molecule has 2 heterocycles. The Morgan fingerprint density at radius 3 is 2.54 bits per heavy atom. The van der Waals surface area contributed by atoms with Gasteiger partial charge in [0.15, 0.2) is 0 Å². The van der Waals surface area contributed by atoms with Crippen LogP contribution >= 0.6 is 11.6 Å². The van der Waals surface area contributed by atoms with Gasteiger partial charge in [0.05, 0.1) is 11.6 Å². The lowest BCUT2D eigenvalue weighted by Crippen LogP contribution is -2.40. The van der Waals surface area contributed by atoms with E-state index in [1.54, 1.807) is 19.2 Å². The Morgan fingerprint density at radius 1 is 1.31 bits per heavy atom. The number of halogens is 1. The van der Waals surface area contributed by atoms with Gasteiger partial charge in [-0.05, 0) is 52.2 Å². The molecule has 190 valence electrons. The quantitative estimate of drug-likeness (QED) is 0.354. The average molecular weight is 499 g/mol. The summed E-state index contributed by atoms with van der Waals surface area (Å²) < 4.78 is 1.92. The summed E-state index contributed by atoms with van der Waals surface area (Å²) in [6.45, 7) is 11.8. The maximum atomic E-state index is 12.7. The molecule has 1 aliphatic heterocycles. The van der Waals surface area contributed by atoms with Crippen LogP contribution in [0.2, 0.25) is 5.02 Å². The number of anilines is 1. The van der Waals surface area contributed by atoms with Crippen molar-refractivity contribution in [2.45, 2.75) is 46.1 Å². The minimum Gasteiger partial charge on any atom is -0.347 e. The van der Waals surface area contributed by atoms with Crippen molar-refractivity contribution in [3.8, 4) is 11.3 Å². The predicted octanol–water partition coefficient (Wildman–Crippen LogP) is 5.84. The molecule has 1 saturated heterocycles. The summed E-state index contributed by atoms with van der Waals surface area (Å²) in [7, 11) is 3.94. The molecular formula is C27H39ClN6O. The molecule has 1 atom stereocenters. The fourth-order valence-corrected chi connectivity index (χ4v) is 4.05. The predicted molar refractivity (Wildman–Crippen MR) is 148 cm³/mol. The van der Waals surface area contributed by atoms with E-state index in [2.05, 4.69) is 25.7 Å². The van der Waals surface area contributed by atoms with Gasteiger partial charge in [0.1, 0.15) is 11.5 Å². The van der Waals surface area contributed by atoms with Crippen LogP contribution in [0.3, 0.4) is 0 Å². The van der Waals surface area contributed by atoms with E-state index in [0.717, 1.165) is 42.9 Å². The molecule has 1 unspecified atom stereocenters. The molecule has 7 nitrogen and oxygen atoms in total. The molecule has 0 aliphatic carbocycles. The van der Waals surface area contributed by atoms with Crippen molar-refractivity contribution in [1.29, 1.82) is 5.41 Å². The van der Waals surface area contributed by atoms with Crippen LogP contribution < -0.4 is 5.32 Å². The first kappa shape index (κ1) is 28.3. The molecule has 0 saturated carbocycles. The highest BCUT2D eigenvalue weighted by Gasteiger charge is 2.29. The van der Waals surface area contributed by atoms with E-state index in [1.165, 1.54) is 6.42 Å². The number of carbonyl (C=O) groups excluding carboxylic acids is 1. The monoisotopic (exact) mass is 498 g/mol. The number of aromatic nitrogens is 2. The van der Waals surface area contributed by atoms with Crippen molar-refractivity contribution in [2.24, 2.45) is 0 Å². The summed E-state index contributed by atoms with van der Waals surface area (Å²) in [5.41, 5.74) is 2.73. The Hall–Kier alpha value is -2.90. The number of amides is 1. The summed E-state index contributed by atoms with van der Waals surface area (Å²) >= 11 is 6.07. The maximum absolute atomic E-state index is 12.7. The second kappa shape index (κ2) is 13.9. The van der Waals surface area contributed by atoms with Gasteiger partial charge in [0.25, 0.3) is 0 Å². The molecule has 0 spiro atoms. The summed E-state index contributed by atoms with van der Waals surface area (Å²) in [6, 6.07) is 7.45. The number of hydrogen-bond acceptors (Lipinski definition) is 5. The number of likely N-dealkylation sites (tertiary alicyclic amines) is 1. The van der Waals surface area contributed by atoms with Gasteiger partial charge in [-0.15, -0.1) is 0 Å². The zero-order valence-electron chi connectivity index (χ0n) is 21.6. The molecule has 8 heteroatoms. The molecule has 2 N–H and O–H groups in total. The lowest BCUT2D eigenvalue weighted by atomic mass is 10.0. The number of piperidine rings is 1. The molecule has 35 heavy (non-hydrogen) atoms. The van der Waals surface area contributed by atoms with Gasteiger partial charge in [0.2, 0.25) is 5.91 Å². The normalized spacial score (nSPS) is 15.6. The van der Waals surface area contributed by atoms with E-state index < -0.39 is 0 Å². The van der Waals surface area contributed by atoms with Crippen LogP contribution in [0.5, 0.6) is 0 Å². The number of hydrogen-bond donors (Lipinski definition) is 2. The fourth-order valence-electron chi connectivity index (χ4n) is 3.92. The highest BCUT2D eigenvalue weighted by atomic mass is 35.5. The van der Waals surface area contributed by atoms with Gasteiger partial charge >= 0.3 is 0 Å². The van der Waals surface area contributed by atoms with E-state index in [0.29, 0.717) is 23.0 Å². The van der Waals surface area contributed by atoms with Crippen LogP contribution in [0.4, 0.5) is 5.82 Å². The summed E-state index contributed by atoms with van der Waals surface area (Å²) in [4.78, 5) is 16.6. The molecule has 1 aromatic carbocycles. The lowest BCUT2D eigenvalue weighted by Gasteiger charge is -2.33. The molecule has 0 radical (unpaired) electrons. The van der Waals surface area contributed by atoms with E-state index >= 15 is 0 Å². The van der Waals surface area contributed by atoms with E-state index in [1.807, 2.05) is 58.9 Å². The van der Waals surface area contributed by atoms with Crippen LogP contribution in [-0.4, -0.2) is 64.9 Å². The zero-order chi connectivity index (χ0) is 26.0. The number of likely N-dealkylation sites (N-methyl/N-ethyl adjacent to an activating group) is 1. The van der Waals surface area contributed by atoms with Crippen molar-refractivity contribution < 1.29 is 4.79 Å². The minimum absolute atomic E-state index is 0.00320. The second-order valence-corrected chi connectivity index (χ2v) is 9.39. The topological polar surface area (TPSA) is 77.2 Å². The second-order valence-electron chi connectivity index (χ2n) is 8.95. The Bertz CT molecular complexity index is 1030. The first-order valence-corrected chi connectivity index (χ1v) is 12.5. The van der Waals surface area contributed by atoms with Gasteiger partial charge < -0.3 is 20.5 Å². The fraction of sp³-hybridized carbons (Fsp3) is 0.444. The third-order valence-electron chi connectivity index (χ3n) is 5.43. The standard InChI is InChI=1S/C24H31ClN6O.C3H8/c1-5-27-24-22(17(2)26)23(18-10-12-19(25)13-11-18)28-31(24)20-8-6-15-30(16-20)21(32)9-7-14-29(3)4;1-3-2/h5,7,9-13,20,26-27H,1,6,8,14-16H2,2-4H3;3H2,1-2H3/b9-7+,26-17?;. The van der Waals surface area contributed by atoms with Gasteiger partial charge in [-0.1, -0.05) is 56.7 Å². The van der Waals surface area contributed by atoms with Gasteiger partial charge in [-0.25, -0.2) is 4.68 Å². The SMILES string of the molecule is C=CNc1c(C(C)=N)c(-c2ccc(Cl)cc2)nn1C1CCCN(C(=O)/C=C/CN(C)C)C1.CCC. The molecule has 1 aromatic heterocycles. The highest BCUT2D eigenvalue weighted by Crippen LogP contribution is 2.34. The van der Waals surface area contributed by atoms with Crippen LogP contribution in [0, 0.1) is 5.41 Å². The average Bonchev–Trinajstić information content (AvgIpc) is 3.19. The van der Waals surface area contributed by atoms with Crippen LogP contribution in [-0.2, 0) is 4.79 Å². The molecule has 3 rings (SSSR count). The van der Waals surface area contributed by atoms with E-state index in [4.69, 9.17) is 22.1 Å². The summed E-state index contributed by atoms with van der Waals surface area (Å²) in [5, 5.41) is 17.2. The number of carbonyl (C=O) groups is 1. The number of rotatable bonds is 8. The Kier molecular flexibility index (Phi) is 11.2. The first-order chi connectivity index (χ1) is 16.7. The van der Waals surface area contributed by atoms with Crippen LogP contribution in [0.1, 0.15) is 51.6 Å². The molecule has 2 aromatic rings. The molecule has 1 aliphatic rings.